The Morgan fingerprint density at radius 3 is 2.15 bits per heavy atom. The first-order chi connectivity index (χ1) is 9.52. The molecule has 1 heterocycles. The van der Waals surface area contributed by atoms with Crippen molar-refractivity contribution < 1.29 is 9.53 Å². The molecule has 0 spiro atoms. The largest absolute Gasteiger partial charge is 0.374 e. The Balaban J connectivity index is 1.81. The molecule has 0 bridgehead atoms. The molecule has 2 aliphatic rings. The summed E-state index contributed by atoms with van der Waals surface area (Å²) in [5.41, 5.74) is 0. The third-order valence-corrected chi connectivity index (χ3v) is 5.11. The van der Waals surface area contributed by atoms with Gasteiger partial charge in [0.2, 0.25) is 5.91 Å². The first-order valence-corrected chi connectivity index (χ1v) is 8.22. The third kappa shape index (κ3) is 3.53. The number of hydrogen-bond acceptors (Lipinski definition) is 3. The third-order valence-electron chi connectivity index (χ3n) is 5.11. The zero-order chi connectivity index (χ0) is 14.7. The van der Waals surface area contributed by atoms with Crippen molar-refractivity contribution in [3.8, 4) is 0 Å². The van der Waals surface area contributed by atoms with Crippen LogP contribution in [0.3, 0.4) is 0 Å². The molecule has 2 fully saturated rings. The van der Waals surface area contributed by atoms with Crippen LogP contribution in [0.2, 0.25) is 0 Å². The first-order valence-electron chi connectivity index (χ1n) is 8.22. The Kier molecular flexibility index (Phi) is 5.44. The number of ether oxygens (including phenoxy) is 1. The number of carbonyl (C=O) groups excluding carboxylic acids is 1. The van der Waals surface area contributed by atoms with Gasteiger partial charge >= 0.3 is 0 Å². The van der Waals surface area contributed by atoms with Crippen LogP contribution < -0.4 is 10.6 Å². The summed E-state index contributed by atoms with van der Waals surface area (Å²) in [4.78, 5) is 12.5. The Hall–Kier alpha value is -0.610. The van der Waals surface area contributed by atoms with E-state index in [1.165, 1.54) is 12.8 Å². The number of hydrogen-bond donors (Lipinski definition) is 2. The van der Waals surface area contributed by atoms with Crippen molar-refractivity contribution in [2.24, 2.45) is 11.8 Å². The summed E-state index contributed by atoms with van der Waals surface area (Å²) < 4.78 is 5.77. The van der Waals surface area contributed by atoms with Crippen LogP contribution in [0.4, 0.5) is 0 Å². The van der Waals surface area contributed by atoms with Crippen molar-refractivity contribution in [3.63, 3.8) is 0 Å². The molecule has 1 saturated carbocycles. The molecule has 4 atom stereocenters. The van der Waals surface area contributed by atoms with E-state index in [4.69, 9.17) is 4.74 Å². The predicted molar refractivity (Wildman–Crippen MR) is 80.5 cm³/mol. The number of carbonyl (C=O) groups is 1. The van der Waals surface area contributed by atoms with Crippen LogP contribution in [0.25, 0.3) is 0 Å². The van der Waals surface area contributed by atoms with E-state index in [0.717, 1.165) is 19.4 Å². The smallest absolute Gasteiger partial charge is 0.226 e. The lowest BCUT2D eigenvalue weighted by atomic mass is 9.87. The second-order valence-electron chi connectivity index (χ2n) is 6.55. The average Bonchev–Trinajstić information content (AvgIpc) is 2.66. The molecule has 1 saturated heterocycles. The molecule has 1 aliphatic carbocycles. The summed E-state index contributed by atoms with van der Waals surface area (Å²) in [6.07, 6.45) is 4.75. The van der Waals surface area contributed by atoms with Gasteiger partial charge in [0.05, 0.1) is 18.1 Å². The number of amides is 1. The minimum atomic E-state index is 0.0106. The second kappa shape index (κ2) is 6.90. The van der Waals surface area contributed by atoms with E-state index in [9.17, 15) is 4.79 Å². The Bertz CT molecular complexity index is 326. The highest BCUT2D eigenvalue weighted by Gasteiger charge is 2.42. The van der Waals surface area contributed by atoms with Crippen molar-refractivity contribution in [2.45, 2.75) is 77.7 Å². The van der Waals surface area contributed by atoms with E-state index in [2.05, 4.69) is 31.4 Å². The molecule has 0 radical (unpaired) electrons. The molecule has 20 heavy (non-hydrogen) atoms. The van der Waals surface area contributed by atoms with Crippen molar-refractivity contribution in [1.82, 2.24) is 10.6 Å². The molecule has 4 unspecified atom stereocenters. The SMILES string of the molecule is CCNC1CCC(NC(=O)C2C(C)OC(C)C2C)CC1. The van der Waals surface area contributed by atoms with Crippen molar-refractivity contribution in [1.29, 1.82) is 0 Å². The van der Waals surface area contributed by atoms with Gasteiger partial charge in [-0.15, -0.1) is 0 Å². The van der Waals surface area contributed by atoms with E-state index >= 15 is 0 Å². The minimum Gasteiger partial charge on any atom is -0.374 e. The Morgan fingerprint density at radius 2 is 1.65 bits per heavy atom. The van der Waals surface area contributed by atoms with Gasteiger partial charge in [0.25, 0.3) is 0 Å². The van der Waals surface area contributed by atoms with E-state index in [1.807, 2.05) is 6.92 Å². The molecule has 4 heteroatoms. The van der Waals surface area contributed by atoms with E-state index in [0.29, 0.717) is 18.0 Å². The average molecular weight is 282 g/mol. The fraction of sp³-hybridized carbons (Fsp3) is 0.938. The molecule has 116 valence electrons. The zero-order valence-corrected chi connectivity index (χ0v) is 13.3. The number of rotatable bonds is 4. The molecule has 0 aromatic carbocycles. The quantitative estimate of drug-likeness (QED) is 0.830. The zero-order valence-electron chi connectivity index (χ0n) is 13.3. The van der Waals surface area contributed by atoms with Gasteiger partial charge < -0.3 is 15.4 Å². The van der Waals surface area contributed by atoms with Crippen LogP contribution in [0.15, 0.2) is 0 Å². The van der Waals surface area contributed by atoms with Gasteiger partial charge in [-0.25, -0.2) is 0 Å². The molecule has 2 rings (SSSR count). The van der Waals surface area contributed by atoms with Gasteiger partial charge in [0.15, 0.2) is 0 Å². The van der Waals surface area contributed by atoms with Crippen molar-refractivity contribution >= 4 is 5.91 Å². The van der Waals surface area contributed by atoms with Crippen molar-refractivity contribution in [3.05, 3.63) is 0 Å². The fourth-order valence-electron chi connectivity index (χ4n) is 3.75. The molecular weight excluding hydrogens is 252 g/mol. The summed E-state index contributed by atoms with van der Waals surface area (Å²) in [7, 11) is 0. The van der Waals surface area contributed by atoms with E-state index < -0.39 is 0 Å². The number of nitrogens with one attached hydrogen (secondary N) is 2. The topological polar surface area (TPSA) is 50.4 Å². The van der Waals surface area contributed by atoms with Crippen LogP contribution in [0, 0.1) is 11.8 Å². The summed E-state index contributed by atoms with van der Waals surface area (Å²) in [5, 5.41) is 6.76. The van der Waals surface area contributed by atoms with Crippen molar-refractivity contribution in [2.75, 3.05) is 6.54 Å². The van der Waals surface area contributed by atoms with Gasteiger partial charge in [-0.2, -0.15) is 0 Å². The molecular formula is C16H30N2O2. The lowest BCUT2D eigenvalue weighted by molar-refractivity contribution is -0.128. The van der Waals surface area contributed by atoms with Crippen LogP contribution in [0.1, 0.15) is 53.4 Å². The van der Waals surface area contributed by atoms with Gasteiger partial charge in [-0.05, 0) is 52.0 Å². The highest BCUT2D eigenvalue weighted by Crippen LogP contribution is 2.32. The van der Waals surface area contributed by atoms with Gasteiger partial charge in [0, 0.05) is 12.1 Å². The molecule has 0 aromatic rings. The fourth-order valence-corrected chi connectivity index (χ4v) is 3.75. The van der Waals surface area contributed by atoms with Crippen LogP contribution >= 0.6 is 0 Å². The highest BCUT2D eigenvalue weighted by atomic mass is 16.5. The maximum absolute atomic E-state index is 12.5. The molecule has 2 N–H and O–H groups in total. The Labute approximate surface area is 123 Å². The standard InChI is InChI=1S/C16H30N2O2/c1-5-17-13-6-8-14(9-7-13)18-16(19)15-10(2)11(3)20-12(15)4/h10-15,17H,5-9H2,1-4H3,(H,18,19). The van der Waals surface area contributed by atoms with Gasteiger partial charge in [0.1, 0.15) is 0 Å². The predicted octanol–water partition coefficient (Wildman–Crippen LogP) is 2.08. The molecule has 1 aliphatic heterocycles. The monoisotopic (exact) mass is 282 g/mol. The van der Waals surface area contributed by atoms with Gasteiger partial charge in [-0.1, -0.05) is 13.8 Å². The first kappa shape index (κ1) is 15.8. The normalized spacial score (nSPS) is 41.6. The summed E-state index contributed by atoms with van der Waals surface area (Å²) in [5.74, 6) is 0.515. The van der Waals surface area contributed by atoms with Crippen LogP contribution in [0.5, 0.6) is 0 Å². The molecule has 1 amide bonds. The molecule has 4 nitrogen and oxygen atoms in total. The lowest BCUT2D eigenvalue weighted by Crippen LogP contribution is -2.46. The maximum atomic E-state index is 12.5. The van der Waals surface area contributed by atoms with Crippen LogP contribution in [-0.2, 0) is 9.53 Å². The lowest BCUT2D eigenvalue weighted by Gasteiger charge is -2.31. The second-order valence-corrected chi connectivity index (χ2v) is 6.55. The summed E-state index contributed by atoms with van der Waals surface area (Å²) in [6, 6.07) is 0.994. The summed E-state index contributed by atoms with van der Waals surface area (Å²) >= 11 is 0. The Morgan fingerprint density at radius 1 is 1.05 bits per heavy atom. The van der Waals surface area contributed by atoms with E-state index in [1.54, 1.807) is 0 Å². The maximum Gasteiger partial charge on any atom is 0.226 e. The summed E-state index contributed by atoms with van der Waals surface area (Å²) in [6.45, 7) is 9.40. The highest BCUT2D eigenvalue weighted by molar-refractivity contribution is 5.80. The van der Waals surface area contributed by atoms with Crippen LogP contribution in [-0.4, -0.2) is 36.7 Å². The molecule has 0 aromatic heterocycles. The minimum absolute atomic E-state index is 0.0106. The van der Waals surface area contributed by atoms with E-state index in [-0.39, 0.29) is 24.0 Å². The van der Waals surface area contributed by atoms with Gasteiger partial charge in [-0.3, -0.25) is 4.79 Å².